The Kier molecular flexibility index (Phi) is 4.93. The first kappa shape index (κ1) is 14.0. The monoisotopic (exact) mass is 263 g/mol. The van der Waals surface area contributed by atoms with Gasteiger partial charge in [0.2, 0.25) is 0 Å². The average Bonchev–Trinajstić information content (AvgIpc) is 2.46. The van der Waals surface area contributed by atoms with Gasteiger partial charge in [0, 0.05) is 12.1 Å². The van der Waals surface area contributed by atoms with Gasteiger partial charge < -0.3 is 15.5 Å². The smallest absolute Gasteiger partial charge is 0.251 e. The Balaban J connectivity index is 1.80. The van der Waals surface area contributed by atoms with E-state index in [9.17, 15) is 9.90 Å². The zero-order valence-electron chi connectivity index (χ0n) is 11.0. The van der Waals surface area contributed by atoms with E-state index in [0.29, 0.717) is 18.0 Å². The van der Waals surface area contributed by atoms with E-state index in [-0.39, 0.29) is 18.6 Å². The van der Waals surface area contributed by atoms with Crippen molar-refractivity contribution in [2.75, 3.05) is 6.54 Å². The molecule has 1 aromatic rings. The number of hydrogen-bond acceptors (Lipinski definition) is 3. The summed E-state index contributed by atoms with van der Waals surface area (Å²) in [5.41, 5.74) is 1.42. The van der Waals surface area contributed by atoms with E-state index >= 15 is 0 Å². The van der Waals surface area contributed by atoms with Crippen molar-refractivity contribution in [1.82, 2.24) is 5.32 Å². The molecule has 1 saturated carbocycles. The van der Waals surface area contributed by atoms with Crippen LogP contribution in [0, 0.1) is 5.92 Å². The van der Waals surface area contributed by atoms with Gasteiger partial charge in [-0.3, -0.25) is 4.79 Å². The highest BCUT2D eigenvalue weighted by atomic mass is 16.3. The van der Waals surface area contributed by atoms with Crippen molar-refractivity contribution in [1.29, 1.82) is 0 Å². The Hall–Kier alpha value is -1.39. The van der Waals surface area contributed by atoms with E-state index < -0.39 is 0 Å². The molecule has 1 aliphatic rings. The molecule has 3 N–H and O–H groups in total. The van der Waals surface area contributed by atoms with Gasteiger partial charge in [0.05, 0.1) is 12.7 Å². The highest BCUT2D eigenvalue weighted by molar-refractivity contribution is 5.94. The molecule has 0 radical (unpaired) electrons. The van der Waals surface area contributed by atoms with Crippen LogP contribution in [0.1, 0.15) is 41.6 Å². The summed E-state index contributed by atoms with van der Waals surface area (Å²) in [7, 11) is 0. The molecule has 2 rings (SSSR count). The molecule has 0 bridgehead atoms. The maximum absolute atomic E-state index is 11.9. The van der Waals surface area contributed by atoms with Crippen molar-refractivity contribution >= 4 is 5.91 Å². The predicted molar refractivity (Wildman–Crippen MR) is 72.7 cm³/mol. The number of hydrogen-bond donors (Lipinski definition) is 3. The van der Waals surface area contributed by atoms with Gasteiger partial charge >= 0.3 is 0 Å². The fourth-order valence-electron chi connectivity index (χ4n) is 2.45. The Morgan fingerprint density at radius 3 is 2.37 bits per heavy atom. The first-order valence-corrected chi connectivity index (χ1v) is 6.85. The van der Waals surface area contributed by atoms with Crippen LogP contribution in [0.2, 0.25) is 0 Å². The zero-order chi connectivity index (χ0) is 13.7. The lowest BCUT2D eigenvalue weighted by molar-refractivity contribution is 0.0910. The number of benzene rings is 1. The molecule has 104 valence electrons. The Labute approximate surface area is 113 Å². The van der Waals surface area contributed by atoms with Crippen molar-refractivity contribution in [2.45, 2.75) is 38.4 Å². The largest absolute Gasteiger partial charge is 0.393 e. The number of aliphatic hydroxyl groups is 2. The van der Waals surface area contributed by atoms with Crippen molar-refractivity contribution < 1.29 is 15.0 Å². The summed E-state index contributed by atoms with van der Waals surface area (Å²) in [4.78, 5) is 11.9. The second-order valence-electron chi connectivity index (χ2n) is 5.24. The summed E-state index contributed by atoms with van der Waals surface area (Å²) in [6, 6.07) is 6.97. The molecule has 0 heterocycles. The van der Waals surface area contributed by atoms with Gasteiger partial charge in [0.1, 0.15) is 0 Å². The van der Waals surface area contributed by atoms with Gasteiger partial charge in [-0.2, -0.15) is 0 Å². The zero-order valence-corrected chi connectivity index (χ0v) is 11.0. The molecule has 1 amide bonds. The van der Waals surface area contributed by atoms with Crippen LogP contribution in [0.25, 0.3) is 0 Å². The lowest BCUT2D eigenvalue weighted by Crippen LogP contribution is -2.32. The van der Waals surface area contributed by atoms with Crippen molar-refractivity contribution in [2.24, 2.45) is 5.92 Å². The van der Waals surface area contributed by atoms with Gasteiger partial charge in [-0.25, -0.2) is 0 Å². The fraction of sp³-hybridized carbons (Fsp3) is 0.533. The summed E-state index contributed by atoms with van der Waals surface area (Å²) in [5.74, 6) is 0.402. The van der Waals surface area contributed by atoms with E-state index in [4.69, 9.17) is 5.11 Å². The number of aliphatic hydroxyl groups excluding tert-OH is 2. The van der Waals surface area contributed by atoms with Gasteiger partial charge in [-0.05, 0) is 49.3 Å². The van der Waals surface area contributed by atoms with Crippen molar-refractivity contribution in [3.8, 4) is 0 Å². The molecule has 0 atom stereocenters. The van der Waals surface area contributed by atoms with E-state index in [0.717, 1.165) is 31.2 Å². The molecule has 1 aliphatic carbocycles. The minimum Gasteiger partial charge on any atom is -0.393 e. The third kappa shape index (κ3) is 4.04. The summed E-state index contributed by atoms with van der Waals surface area (Å²) in [6.07, 6.45) is 3.48. The summed E-state index contributed by atoms with van der Waals surface area (Å²) >= 11 is 0. The second kappa shape index (κ2) is 6.68. The number of rotatable bonds is 4. The molecule has 1 aromatic carbocycles. The van der Waals surface area contributed by atoms with Crippen LogP contribution in [0.5, 0.6) is 0 Å². The minimum absolute atomic E-state index is 0.00764. The quantitative estimate of drug-likeness (QED) is 0.770. The van der Waals surface area contributed by atoms with Gasteiger partial charge in [-0.15, -0.1) is 0 Å². The number of amides is 1. The highest BCUT2D eigenvalue weighted by Gasteiger charge is 2.19. The number of carbonyl (C=O) groups excluding carboxylic acids is 1. The average molecular weight is 263 g/mol. The van der Waals surface area contributed by atoms with Gasteiger partial charge in [0.15, 0.2) is 0 Å². The second-order valence-corrected chi connectivity index (χ2v) is 5.24. The summed E-state index contributed by atoms with van der Waals surface area (Å²) < 4.78 is 0. The summed E-state index contributed by atoms with van der Waals surface area (Å²) in [6.45, 7) is 0.666. The van der Waals surface area contributed by atoms with E-state index in [2.05, 4.69) is 5.32 Å². The van der Waals surface area contributed by atoms with E-state index in [1.165, 1.54) is 0 Å². The maximum atomic E-state index is 11.9. The molecule has 0 spiro atoms. The molecular formula is C15H21NO3. The minimum atomic E-state index is -0.155. The first-order chi connectivity index (χ1) is 9.19. The molecule has 19 heavy (non-hydrogen) atoms. The van der Waals surface area contributed by atoms with Crippen LogP contribution >= 0.6 is 0 Å². The van der Waals surface area contributed by atoms with Gasteiger partial charge in [-0.1, -0.05) is 12.1 Å². The molecule has 4 heteroatoms. The molecule has 1 fully saturated rings. The van der Waals surface area contributed by atoms with E-state index in [1.54, 1.807) is 24.3 Å². The Morgan fingerprint density at radius 1 is 1.16 bits per heavy atom. The molecule has 0 aromatic heterocycles. The maximum Gasteiger partial charge on any atom is 0.251 e. The van der Waals surface area contributed by atoms with Crippen LogP contribution in [0.15, 0.2) is 24.3 Å². The molecular weight excluding hydrogens is 242 g/mol. The number of carbonyl (C=O) groups is 1. The van der Waals surface area contributed by atoms with Gasteiger partial charge in [0.25, 0.3) is 5.91 Å². The highest BCUT2D eigenvalue weighted by Crippen LogP contribution is 2.23. The molecule has 4 nitrogen and oxygen atoms in total. The van der Waals surface area contributed by atoms with Crippen LogP contribution in [0.3, 0.4) is 0 Å². The van der Waals surface area contributed by atoms with Crippen LogP contribution in [-0.2, 0) is 6.61 Å². The van der Waals surface area contributed by atoms with E-state index in [1.807, 2.05) is 0 Å². The molecule has 0 unspecified atom stereocenters. The molecule has 0 aliphatic heterocycles. The van der Waals surface area contributed by atoms with Crippen molar-refractivity contribution in [3.05, 3.63) is 35.4 Å². The standard InChI is InChI=1S/C15H21NO3/c17-10-12-1-5-13(6-2-12)15(19)16-9-11-3-7-14(18)8-4-11/h1-2,5-6,11,14,17-18H,3-4,7-10H2,(H,16,19). The van der Waals surface area contributed by atoms with Crippen LogP contribution in [0.4, 0.5) is 0 Å². The third-order valence-electron chi connectivity index (χ3n) is 3.77. The lowest BCUT2D eigenvalue weighted by atomic mass is 9.87. The Bertz CT molecular complexity index is 408. The number of nitrogens with one attached hydrogen (secondary N) is 1. The topological polar surface area (TPSA) is 69.6 Å². The lowest BCUT2D eigenvalue weighted by Gasteiger charge is -2.25. The Morgan fingerprint density at radius 2 is 1.79 bits per heavy atom. The first-order valence-electron chi connectivity index (χ1n) is 6.85. The van der Waals surface area contributed by atoms with Crippen LogP contribution < -0.4 is 5.32 Å². The summed E-state index contributed by atoms with van der Waals surface area (Å²) in [5, 5.41) is 21.3. The third-order valence-corrected chi connectivity index (χ3v) is 3.77. The molecule has 0 saturated heterocycles. The van der Waals surface area contributed by atoms with Crippen LogP contribution in [-0.4, -0.2) is 28.8 Å². The SMILES string of the molecule is O=C(NCC1CCC(O)CC1)c1ccc(CO)cc1. The predicted octanol–water partition coefficient (Wildman–Crippen LogP) is 1.46. The fourth-order valence-corrected chi connectivity index (χ4v) is 2.45. The normalized spacial score (nSPS) is 23.1. The van der Waals surface area contributed by atoms with Crippen molar-refractivity contribution in [3.63, 3.8) is 0 Å².